The number of carbonyl (C=O) groups excluding carboxylic acids is 1. The van der Waals surface area contributed by atoms with Gasteiger partial charge in [-0.15, -0.1) is 0 Å². The molecule has 2 rings (SSSR count). The number of aliphatic carboxylic acids is 1. The van der Waals surface area contributed by atoms with Crippen LogP contribution in [0.3, 0.4) is 0 Å². The Morgan fingerprint density at radius 1 is 1.44 bits per heavy atom. The summed E-state index contributed by atoms with van der Waals surface area (Å²) in [6.45, 7) is 0.553. The Balaban J connectivity index is 1.93. The minimum atomic E-state index is -1.07. The Kier molecular flexibility index (Phi) is 3.61. The van der Waals surface area contributed by atoms with Crippen LogP contribution in [0.1, 0.15) is 12.8 Å². The summed E-state index contributed by atoms with van der Waals surface area (Å²) in [6, 6.07) is -0.907. The topological polar surface area (TPSA) is 95.7 Å². The van der Waals surface area contributed by atoms with Gasteiger partial charge < -0.3 is 19.7 Å². The molecule has 2 atom stereocenters. The number of aliphatic hydroxyl groups is 1. The van der Waals surface area contributed by atoms with Gasteiger partial charge in [-0.1, -0.05) is 0 Å². The van der Waals surface area contributed by atoms with Crippen molar-refractivity contribution in [2.24, 2.45) is 0 Å². The first-order valence-corrected chi connectivity index (χ1v) is 5.74. The van der Waals surface area contributed by atoms with E-state index in [0.29, 0.717) is 6.54 Å². The van der Waals surface area contributed by atoms with Crippen LogP contribution >= 0.6 is 0 Å². The molecule has 0 radical (unpaired) electrons. The van der Waals surface area contributed by atoms with E-state index in [4.69, 9.17) is 5.11 Å². The third-order valence-corrected chi connectivity index (χ3v) is 3.03. The lowest BCUT2D eigenvalue weighted by molar-refractivity contribution is -0.148. The molecule has 1 amide bonds. The minimum Gasteiger partial charge on any atom is -0.480 e. The number of aliphatic hydroxyl groups excluding tert-OH is 1. The van der Waals surface area contributed by atoms with E-state index < -0.39 is 18.1 Å². The van der Waals surface area contributed by atoms with Gasteiger partial charge >= 0.3 is 5.97 Å². The molecule has 7 nitrogen and oxygen atoms in total. The predicted octanol–water partition coefficient (Wildman–Crippen LogP) is -0.680. The van der Waals surface area contributed by atoms with E-state index in [2.05, 4.69) is 4.98 Å². The Hall–Kier alpha value is -1.89. The highest BCUT2D eigenvalue weighted by atomic mass is 16.4. The van der Waals surface area contributed by atoms with Crippen LogP contribution in [0.2, 0.25) is 0 Å². The fourth-order valence-corrected chi connectivity index (χ4v) is 2.11. The Morgan fingerprint density at radius 2 is 2.22 bits per heavy atom. The van der Waals surface area contributed by atoms with Crippen molar-refractivity contribution in [2.45, 2.75) is 31.5 Å². The molecule has 7 heteroatoms. The zero-order chi connectivity index (χ0) is 13.1. The second kappa shape index (κ2) is 5.18. The molecule has 2 unspecified atom stereocenters. The van der Waals surface area contributed by atoms with Crippen LogP contribution in [0.25, 0.3) is 0 Å². The molecule has 1 aromatic rings. The van der Waals surface area contributed by atoms with Gasteiger partial charge in [0.2, 0.25) is 5.91 Å². The van der Waals surface area contributed by atoms with Gasteiger partial charge in [-0.25, -0.2) is 9.78 Å². The molecule has 1 fully saturated rings. The summed E-state index contributed by atoms with van der Waals surface area (Å²) >= 11 is 0. The van der Waals surface area contributed by atoms with Crippen molar-refractivity contribution in [2.75, 3.05) is 6.54 Å². The molecule has 0 aliphatic carbocycles. The highest BCUT2D eigenvalue weighted by Crippen LogP contribution is 2.19. The van der Waals surface area contributed by atoms with Gasteiger partial charge in [-0.05, 0) is 0 Å². The maximum atomic E-state index is 11.9. The molecule has 0 bridgehead atoms. The summed E-state index contributed by atoms with van der Waals surface area (Å²) in [7, 11) is 0. The van der Waals surface area contributed by atoms with Crippen molar-refractivity contribution >= 4 is 11.9 Å². The van der Waals surface area contributed by atoms with Crippen LogP contribution < -0.4 is 0 Å². The van der Waals surface area contributed by atoms with Crippen molar-refractivity contribution in [1.82, 2.24) is 14.5 Å². The fourth-order valence-electron chi connectivity index (χ4n) is 2.11. The molecule has 1 aromatic heterocycles. The summed E-state index contributed by atoms with van der Waals surface area (Å²) in [4.78, 5) is 28.0. The molecule has 0 saturated carbocycles. The van der Waals surface area contributed by atoms with Crippen molar-refractivity contribution in [3.05, 3.63) is 18.7 Å². The maximum absolute atomic E-state index is 11.9. The number of hydrogen-bond donors (Lipinski definition) is 2. The lowest BCUT2D eigenvalue weighted by Gasteiger charge is -2.21. The normalized spacial score (nSPS) is 23.3. The summed E-state index contributed by atoms with van der Waals surface area (Å²) in [5, 5.41) is 18.4. The third-order valence-electron chi connectivity index (χ3n) is 3.03. The average Bonchev–Trinajstić information content (AvgIpc) is 2.94. The molecule has 2 N–H and O–H groups in total. The Morgan fingerprint density at radius 3 is 2.83 bits per heavy atom. The van der Waals surface area contributed by atoms with Crippen molar-refractivity contribution in [3.8, 4) is 0 Å². The highest BCUT2D eigenvalue weighted by Gasteiger charge is 2.38. The molecular formula is C11H15N3O4. The molecule has 1 aliphatic heterocycles. The summed E-state index contributed by atoms with van der Waals surface area (Å²) in [5.41, 5.74) is 0. The van der Waals surface area contributed by atoms with E-state index in [-0.39, 0.29) is 25.3 Å². The first-order valence-electron chi connectivity index (χ1n) is 5.74. The van der Waals surface area contributed by atoms with Gasteiger partial charge in [0.15, 0.2) is 0 Å². The summed E-state index contributed by atoms with van der Waals surface area (Å²) in [6.07, 6.45) is 4.51. The summed E-state index contributed by atoms with van der Waals surface area (Å²) < 4.78 is 1.75. The lowest BCUT2D eigenvalue weighted by Crippen LogP contribution is -2.40. The predicted molar refractivity (Wildman–Crippen MR) is 60.6 cm³/mol. The zero-order valence-electron chi connectivity index (χ0n) is 9.77. The number of β-amino-alcohol motifs (C(OH)–C–C–N with tert-alkyl or cyclic N) is 1. The number of imidazole rings is 1. The third kappa shape index (κ3) is 2.67. The van der Waals surface area contributed by atoms with Crippen LogP contribution in [0.15, 0.2) is 18.7 Å². The van der Waals surface area contributed by atoms with Crippen LogP contribution in [0.5, 0.6) is 0 Å². The second-order valence-corrected chi connectivity index (χ2v) is 4.34. The van der Waals surface area contributed by atoms with Crippen LogP contribution in [0.4, 0.5) is 0 Å². The van der Waals surface area contributed by atoms with E-state index in [1.165, 1.54) is 4.90 Å². The molecule has 0 spiro atoms. The van der Waals surface area contributed by atoms with Gasteiger partial charge in [0.1, 0.15) is 6.04 Å². The smallest absolute Gasteiger partial charge is 0.326 e. The lowest BCUT2D eigenvalue weighted by atomic mass is 10.2. The molecular weight excluding hydrogens is 238 g/mol. The van der Waals surface area contributed by atoms with Crippen molar-refractivity contribution in [3.63, 3.8) is 0 Å². The first-order chi connectivity index (χ1) is 8.58. The van der Waals surface area contributed by atoms with Gasteiger partial charge in [0, 0.05) is 38.3 Å². The molecule has 0 aromatic carbocycles. The number of nitrogens with zero attached hydrogens (tertiary/aromatic N) is 3. The van der Waals surface area contributed by atoms with Gasteiger partial charge in [-0.2, -0.15) is 0 Å². The van der Waals surface area contributed by atoms with Crippen LogP contribution in [-0.2, 0) is 16.1 Å². The van der Waals surface area contributed by atoms with E-state index in [1.54, 1.807) is 23.3 Å². The quantitative estimate of drug-likeness (QED) is 0.741. The van der Waals surface area contributed by atoms with Crippen molar-refractivity contribution < 1.29 is 19.8 Å². The van der Waals surface area contributed by atoms with E-state index in [9.17, 15) is 14.7 Å². The van der Waals surface area contributed by atoms with E-state index >= 15 is 0 Å². The fraction of sp³-hybridized carbons (Fsp3) is 0.545. The summed E-state index contributed by atoms with van der Waals surface area (Å²) in [5.74, 6) is -1.32. The Bertz CT molecular complexity index is 432. The number of amides is 1. The number of rotatable bonds is 4. The van der Waals surface area contributed by atoms with Gasteiger partial charge in [0.25, 0.3) is 0 Å². The molecule has 98 valence electrons. The molecule has 2 heterocycles. The first kappa shape index (κ1) is 12.6. The molecule has 1 saturated heterocycles. The standard InChI is InChI=1S/C11H15N3O4/c15-8-5-9(11(17)18)14(6-8)10(16)1-3-13-4-2-12-7-13/h2,4,7-9,15H,1,3,5-6H2,(H,17,18). The number of carbonyl (C=O) groups is 2. The molecule has 1 aliphatic rings. The SMILES string of the molecule is O=C(O)C1CC(O)CN1C(=O)CCn1ccnc1. The average molecular weight is 253 g/mol. The second-order valence-electron chi connectivity index (χ2n) is 4.34. The largest absolute Gasteiger partial charge is 0.480 e. The number of aromatic nitrogens is 2. The van der Waals surface area contributed by atoms with E-state index in [1.807, 2.05) is 0 Å². The Labute approximate surface area is 104 Å². The van der Waals surface area contributed by atoms with Crippen LogP contribution in [-0.4, -0.2) is 55.2 Å². The van der Waals surface area contributed by atoms with Crippen molar-refractivity contribution in [1.29, 1.82) is 0 Å². The number of carboxylic acid groups (broad SMARTS) is 1. The minimum absolute atomic E-state index is 0.0970. The highest BCUT2D eigenvalue weighted by molar-refractivity contribution is 5.84. The maximum Gasteiger partial charge on any atom is 0.326 e. The number of aryl methyl sites for hydroxylation is 1. The number of hydrogen-bond acceptors (Lipinski definition) is 4. The zero-order valence-corrected chi connectivity index (χ0v) is 9.77. The van der Waals surface area contributed by atoms with E-state index in [0.717, 1.165) is 0 Å². The van der Waals surface area contributed by atoms with Crippen LogP contribution in [0, 0.1) is 0 Å². The molecule has 18 heavy (non-hydrogen) atoms. The monoisotopic (exact) mass is 253 g/mol. The number of carboxylic acids is 1. The van der Waals surface area contributed by atoms with Gasteiger partial charge in [-0.3, -0.25) is 4.79 Å². The van der Waals surface area contributed by atoms with Gasteiger partial charge in [0.05, 0.1) is 12.4 Å². The number of likely N-dealkylation sites (tertiary alicyclic amines) is 1.